The van der Waals surface area contributed by atoms with Crippen molar-refractivity contribution in [1.82, 2.24) is 0 Å². The van der Waals surface area contributed by atoms with Crippen LogP contribution in [0, 0.1) is 10.1 Å². The van der Waals surface area contributed by atoms with Crippen molar-refractivity contribution in [2.24, 2.45) is 0 Å². The Bertz CT molecular complexity index is 956. The number of anilines is 1. The van der Waals surface area contributed by atoms with Crippen LogP contribution in [-0.4, -0.2) is 17.9 Å². The maximum atomic E-state index is 12.4. The number of methoxy groups -OCH3 is 1. The van der Waals surface area contributed by atoms with Gasteiger partial charge in [0.25, 0.3) is 11.6 Å². The van der Waals surface area contributed by atoms with Crippen LogP contribution in [0.1, 0.15) is 15.2 Å². The van der Waals surface area contributed by atoms with Crippen LogP contribution in [0.3, 0.4) is 0 Å². The zero-order valence-electron chi connectivity index (χ0n) is 14.4. The highest BCUT2D eigenvalue weighted by Gasteiger charge is 2.19. The van der Waals surface area contributed by atoms with E-state index in [9.17, 15) is 14.9 Å². The second-order valence-electron chi connectivity index (χ2n) is 5.52. The van der Waals surface area contributed by atoms with Gasteiger partial charge in [0.2, 0.25) is 0 Å². The third kappa shape index (κ3) is 4.62. The van der Waals surface area contributed by atoms with Gasteiger partial charge >= 0.3 is 0 Å². The van der Waals surface area contributed by atoms with Gasteiger partial charge in [0.05, 0.1) is 23.0 Å². The van der Waals surface area contributed by atoms with Crippen molar-refractivity contribution in [1.29, 1.82) is 0 Å². The maximum absolute atomic E-state index is 12.4. The predicted molar refractivity (Wildman–Crippen MR) is 103 cm³/mol. The number of hydrogen-bond donors (Lipinski definition) is 1. The molecule has 27 heavy (non-hydrogen) atoms. The van der Waals surface area contributed by atoms with E-state index < -0.39 is 10.8 Å². The third-order valence-electron chi connectivity index (χ3n) is 3.68. The molecule has 7 nitrogen and oxygen atoms in total. The van der Waals surface area contributed by atoms with Crippen molar-refractivity contribution < 1.29 is 19.2 Å². The van der Waals surface area contributed by atoms with Crippen LogP contribution in [0.4, 0.5) is 11.4 Å². The van der Waals surface area contributed by atoms with E-state index in [0.29, 0.717) is 17.2 Å². The van der Waals surface area contributed by atoms with Crippen molar-refractivity contribution >= 4 is 28.6 Å². The molecule has 138 valence electrons. The summed E-state index contributed by atoms with van der Waals surface area (Å²) in [5.74, 6) is 0.666. The molecule has 0 spiro atoms. The lowest BCUT2D eigenvalue weighted by Crippen LogP contribution is -2.11. The summed E-state index contributed by atoms with van der Waals surface area (Å²) in [7, 11) is 1.42. The Hall–Kier alpha value is -3.39. The van der Waals surface area contributed by atoms with Crippen molar-refractivity contribution in [2.45, 2.75) is 6.61 Å². The summed E-state index contributed by atoms with van der Waals surface area (Å²) in [6.07, 6.45) is 0. The molecule has 1 amide bonds. The van der Waals surface area contributed by atoms with E-state index in [1.807, 2.05) is 35.7 Å². The normalized spacial score (nSPS) is 10.3. The number of amides is 1. The van der Waals surface area contributed by atoms with Crippen LogP contribution < -0.4 is 14.8 Å². The molecule has 1 aromatic heterocycles. The van der Waals surface area contributed by atoms with Crippen molar-refractivity contribution in [2.75, 3.05) is 12.4 Å². The van der Waals surface area contributed by atoms with Crippen LogP contribution in [0.15, 0.2) is 60.0 Å². The molecule has 0 unspecified atom stereocenters. The van der Waals surface area contributed by atoms with E-state index in [4.69, 9.17) is 9.47 Å². The molecule has 0 fully saturated rings. The van der Waals surface area contributed by atoms with Crippen LogP contribution in [0.2, 0.25) is 0 Å². The quantitative estimate of drug-likeness (QED) is 0.478. The summed E-state index contributed by atoms with van der Waals surface area (Å²) in [5.41, 5.74) is 0.728. The first-order chi connectivity index (χ1) is 13.1. The average molecular weight is 384 g/mol. The molecule has 0 aliphatic rings. The minimum atomic E-state index is -0.564. The Morgan fingerprint density at radius 3 is 2.63 bits per heavy atom. The number of hydrogen-bond acceptors (Lipinski definition) is 6. The summed E-state index contributed by atoms with van der Waals surface area (Å²) in [6.45, 7) is 0.330. The fraction of sp³-hybridized carbons (Fsp3) is 0.105. The van der Waals surface area contributed by atoms with Crippen LogP contribution in [0.25, 0.3) is 0 Å². The zero-order chi connectivity index (χ0) is 19.2. The summed E-state index contributed by atoms with van der Waals surface area (Å²) >= 11 is 1.25. The number of para-hydroxylation sites is 1. The number of nitrogens with zero attached hydrogens (tertiary/aromatic N) is 1. The molecule has 0 saturated heterocycles. The highest BCUT2D eigenvalue weighted by molar-refractivity contribution is 7.12. The number of rotatable bonds is 7. The topological polar surface area (TPSA) is 90.7 Å². The van der Waals surface area contributed by atoms with Gasteiger partial charge in [0.15, 0.2) is 0 Å². The van der Waals surface area contributed by atoms with Gasteiger partial charge in [-0.05, 0) is 35.7 Å². The SMILES string of the molecule is COc1ccc(NC(=O)c2cc(COc3ccccc3)cs2)c([N+](=O)[O-])c1. The lowest BCUT2D eigenvalue weighted by atomic mass is 10.2. The Labute approximate surface area is 159 Å². The number of ether oxygens (including phenoxy) is 2. The molecular formula is C19H16N2O5S. The van der Waals surface area contributed by atoms with Crippen molar-refractivity contribution in [3.05, 3.63) is 80.5 Å². The molecule has 0 saturated carbocycles. The highest BCUT2D eigenvalue weighted by Crippen LogP contribution is 2.30. The molecule has 0 aliphatic carbocycles. The van der Waals surface area contributed by atoms with Gasteiger partial charge in [0.1, 0.15) is 23.8 Å². The Morgan fingerprint density at radius 1 is 1.15 bits per heavy atom. The van der Waals surface area contributed by atoms with Crippen LogP contribution in [-0.2, 0) is 6.61 Å². The largest absolute Gasteiger partial charge is 0.496 e. The number of benzene rings is 2. The molecule has 0 bridgehead atoms. The second-order valence-corrected chi connectivity index (χ2v) is 6.43. The van der Waals surface area contributed by atoms with Gasteiger partial charge in [-0.3, -0.25) is 14.9 Å². The molecule has 0 aliphatic heterocycles. The Kier molecular flexibility index (Phi) is 5.68. The number of carbonyl (C=O) groups excluding carboxylic acids is 1. The number of carbonyl (C=O) groups is 1. The summed E-state index contributed by atoms with van der Waals surface area (Å²) in [6, 6.07) is 15.3. The predicted octanol–water partition coefficient (Wildman–Crippen LogP) is 4.50. The van der Waals surface area contributed by atoms with Gasteiger partial charge in [-0.2, -0.15) is 0 Å². The van der Waals surface area contributed by atoms with E-state index in [2.05, 4.69) is 5.32 Å². The van der Waals surface area contributed by atoms with Gasteiger partial charge in [-0.25, -0.2) is 0 Å². The van der Waals surface area contributed by atoms with Gasteiger partial charge in [-0.1, -0.05) is 18.2 Å². The maximum Gasteiger partial charge on any atom is 0.296 e. The van der Waals surface area contributed by atoms with Gasteiger partial charge in [-0.15, -0.1) is 11.3 Å². The minimum absolute atomic E-state index is 0.112. The molecule has 0 atom stereocenters. The van der Waals surface area contributed by atoms with E-state index in [-0.39, 0.29) is 11.4 Å². The molecule has 0 radical (unpaired) electrons. The lowest BCUT2D eigenvalue weighted by Gasteiger charge is -2.06. The lowest BCUT2D eigenvalue weighted by molar-refractivity contribution is -0.384. The Balaban J connectivity index is 1.68. The number of thiophene rings is 1. The van der Waals surface area contributed by atoms with Crippen molar-refractivity contribution in [3.63, 3.8) is 0 Å². The molecule has 2 aromatic carbocycles. The Morgan fingerprint density at radius 2 is 1.93 bits per heavy atom. The van der Waals surface area contributed by atoms with Crippen LogP contribution >= 0.6 is 11.3 Å². The molecular weight excluding hydrogens is 368 g/mol. The van der Waals surface area contributed by atoms with Gasteiger partial charge in [0, 0.05) is 5.56 Å². The third-order valence-corrected chi connectivity index (χ3v) is 4.65. The molecule has 1 N–H and O–H groups in total. The summed E-state index contributed by atoms with van der Waals surface area (Å²) in [4.78, 5) is 23.5. The first-order valence-electron chi connectivity index (χ1n) is 7.96. The highest BCUT2D eigenvalue weighted by atomic mass is 32.1. The summed E-state index contributed by atoms with van der Waals surface area (Å²) < 4.78 is 10.6. The smallest absolute Gasteiger partial charge is 0.296 e. The zero-order valence-corrected chi connectivity index (χ0v) is 15.2. The van der Waals surface area contributed by atoms with E-state index >= 15 is 0 Å². The first-order valence-corrected chi connectivity index (χ1v) is 8.84. The number of nitro benzene ring substituents is 1. The monoisotopic (exact) mass is 384 g/mol. The first kappa shape index (κ1) is 18.4. The fourth-order valence-corrected chi connectivity index (χ4v) is 3.12. The number of nitro groups is 1. The minimum Gasteiger partial charge on any atom is -0.496 e. The average Bonchev–Trinajstić information content (AvgIpc) is 3.16. The molecule has 8 heteroatoms. The van der Waals surface area contributed by atoms with Gasteiger partial charge < -0.3 is 14.8 Å². The fourth-order valence-electron chi connectivity index (χ4n) is 2.33. The standard InChI is InChI=1S/C19H16N2O5S/c1-25-15-7-8-16(17(10-15)21(23)24)20-19(22)18-9-13(12-27-18)11-26-14-5-3-2-4-6-14/h2-10,12H,11H2,1H3,(H,20,22). The van der Waals surface area contributed by atoms with E-state index in [1.54, 1.807) is 12.1 Å². The van der Waals surface area contributed by atoms with Crippen molar-refractivity contribution in [3.8, 4) is 11.5 Å². The second kappa shape index (κ2) is 8.33. The van der Waals surface area contributed by atoms with E-state index in [1.165, 1.54) is 30.6 Å². The number of nitrogens with one attached hydrogen (secondary N) is 1. The molecule has 3 aromatic rings. The molecule has 3 rings (SSSR count). The van der Waals surface area contributed by atoms with E-state index in [0.717, 1.165) is 11.3 Å². The molecule has 1 heterocycles. The summed E-state index contributed by atoms with van der Waals surface area (Å²) in [5, 5.41) is 15.6. The van der Waals surface area contributed by atoms with Crippen LogP contribution in [0.5, 0.6) is 11.5 Å².